The molecule has 1 aliphatic carbocycles. The molecular formula is C14H21FN4O. The fourth-order valence-corrected chi connectivity index (χ4v) is 2.67. The largest absolute Gasteiger partial charge is 0.349 e. The molecule has 1 saturated carbocycles. The van der Waals surface area contributed by atoms with Crippen LogP contribution in [-0.2, 0) is 0 Å². The molecule has 6 heteroatoms. The molecule has 1 aromatic heterocycles. The number of carbonyl (C=O) groups is 1. The molecule has 0 bridgehead atoms. The Labute approximate surface area is 118 Å². The highest BCUT2D eigenvalue weighted by Gasteiger charge is 2.24. The molecule has 0 saturated heterocycles. The fourth-order valence-electron chi connectivity index (χ4n) is 2.67. The number of hydrogen-bond acceptors (Lipinski definition) is 4. The number of nitrogens with one attached hydrogen (secondary N) is 2. The molecule has 1 aliphatic rings. The van der Waals surface area contributed by atoms with Gasteiger partial charge in [-0.2, -0.15) is 0 Å². The zero-order valence-corrected chi connectivity index (χ0v) is 11.7. The quantitative estimate of drug-likeness (QED) is 0.450. The van der Waals surface area contributed by atoms with Gasteiger partial charge >= 0.3 is 0 Å². The Morgan fingerprint density at radius 1 is 1.40 bits per heavy atom. The maximum Gasteiger partial charge on any atom is 0.254 e. The van der Waals surface area contributed by atoms with Gasteiger partial charge in [-0.1, -0.05) is 26.2 Å². The lowest BCUT2D eigenvalue weighted by molar-refractivity contribution is 0.0917. The van der Waals surface area contributed by atoms with Gasteiger partial charge in [-0.25, -0.2) is 15.2 Å². The molecule has 0 spiro atoms. The summed E-state index contributed by atoms with van der Waals surface area (Å²) < 4.78 is 14.0. The van der Waals surface area contributed by atoms with Gasteiger partial charge in [-0.15, -0.1) is 0 Å². The maximum absolute atomic E-state index is 14.0. The van der Waals surface area contributed by atoms with Crippen molar-refractivity contribution in [2.24, 2.45) is 11.8 Å². The van der Waals surface area contributed by atoms with E-state index in [-0.39, 0.29) is 17.4 Å². The molecule has 2 unspecified atom stereocenters. The molecule has 20 heavy (non-hydrogen) atoms. The highest BCUT2D eigenvalue weighted by Crippen LogP contribution is 2.23. The van der Waals surface area contributed by atoms with Gasteiger partial charge in [0.05, 0.1) is 5.56 Å². The van der Waals surface area contributed by atoms with E-state index in [0.29, 0.717) is 5.92 Å². The van der Waals surface area contributed by atoms with E-state index in [2.05, 4.69) is 22.7 Å². The van der Waals surface area contributed by atoms with Crippen LogP contribution in [0.5, 0.6) is 0 Å². The van der Waals surface area contributed by atoms with Crippen molar-refractivity contribution >= 4 is 11.7 Å². The summed E-state index contributed by atoms with van der Waals surface area (Å²) in [4.78, 5) is 15.9. The molecule has 4 N–H and O–H groups in total. The standard InChI is InChI=1S/C14H21FN4O/c1-9-5-3-2-4-6-11(9)18-14(20)10-7-8-17-13(19-16)12(10)15/h7-9,11H,2-6,16H2,1H3,(H,17,19)(H,18,20). The molecule has 0 aliphatic heterocycles. The lowest BCUT2D eigenvalue weighted by Crippen LogP contribution is -2.39. The number of hydrazine groups is 1. The van der Waals surface area contributed by atoms with Crippen LogP contribution in [0.1, 0.15) is 49.4 Å². The highest BCUT2D eigenvalue weighted by molar-refractivity contribution is 5.95. The summed E-state index contributed by atoms with van der Waals surface area (Å²) >= 11 is 0. The van der Waals surface area contributed by atoms with Crippen LogP contribution in [0.4, 0.5) is 10.2 Å². The Hall–Kier alpha value is -1.69. The molecule has 1 aromatic rings. The fraction of sp³-hybridized carbons (Fsp3) is 0.571. The minimum Gasteiger partial charge on any atom is -0.349 e. The topological polar surface area (TPSA) is 80.0 Å². The van der Waals surface area contributed by atoms with Crippen LogP contribution in [0.15, 0.2) is 12.3 Å². The number of nitrogens with zero attached hydrogens (tertiary/aromatic N) is 1. The van der Waals surface area contributed by atoms with Crippen molar-refractivity contribution in [3.8, 4) is 0 Å². The van der Waals surface area contributed by atoms with Gasteiger partial charge in [-0.3, -0.25) is 4.79 Å². The third-order valence-electron chi connectivity index (χ3n) is 3.95. The first-order valence-electron chi connectivity index (χ1n) is 7.05. The number of aromatic nitrogens is 1. The van der Waals surface area contributed by atoms with Crippen molar-refractivity contribution in [1.29, 1.82) is 0 Å². The van der Waals surface area contributed by atoms with Gasteiger partial charge in [0.1, 0.15) is 0 Å². The predicted molar refractivity (Wildman–Crippen MR) is 75.5 cm³/mol. The van der Waals surface area contributed by atoms with Gasteiger partial charge in [0.2, 0.25) is 0 Å². The number of carbonyl (C=O) groups excluding carboxylic acids is 1. The molecule has 110 valence electrons. The van der Waals surface area contributed by atoms with Crippen LogP contribution in [0.3, 0.4) is 0 Å². The number of nitrogen functional groups attached to an aromatic ring is 1. The van der Waals surface area contributed by atoms with Crippen molar-refractivity contribution in [3.05, 3.63) is 23.6 Å². The zero-order chi connectivity index (χ0) is 14.5. The Morgan fingerprint density at radius 2 is 2.15 bits per heavy atom. The Bertz CT molecular complexity index is 480. The minimum absolute atomic E-state index is 0.0237. The molecule has 0 aromatic carbocycles. The van der Waals surface area contributed by atoms with Gasteiger partial charge in [0, 0.05) is 12.2 Å². The molecular weight excluding hydrogens is 259 g/mol. The summed E-state index contributed by atoms with van der Waals surface area (Å²) in [5.41, 5.74) is 2.12. The number of hydrogen-bond donors (Lipinski definition) is 3. The average molecular weight is 280 g/mol. The molecule has 1 fully saturated rings. The van der Waals surface area contributed by atoms with Gasteiger partial charge in [-0.05, 0) is 24.8 Å². The smallest absolute Gasteiger partial charge is 0.254 e. The molecule has 2 atom stereocenters. The average Bonchev–Trinajstić information content (AvgIpc) is 2.64. The van der Waals surface area contributed by atoms with Crippen molar-refractivity contribution in [2.75, 3.05) is 5.43 Å². The van der Waals surface area contributed by atoms with E-state index < -0.39 is 11.7 Å². The summed E-state index contributed by atoms with van der Waals surface area (Å²) in [5, 5.41) is 2.94. The SMILES string of the molecule is CC1CCCCCC1NC(=O)c1ccnc(NN)c1F. The van der Waals surface area contributed by atoms with Crippen LogP contribution in [0, 0.1) is 11.7 Å². The Balaban J connectivity index is 2.11. The maximum atomic E-state index is 14.0. The molecule has 1 amide bonds. The third kappa shape index (κ3) is 3.25. The van der Waals surface area contributed by atoms with Crippen molar-refractivity contribution in [1.82, 2.24) is 10.3 Å². The summed E-state index contributed by atoms with van der Waals surface area (Å²) in [6.07, 6.45) is 6.90. The van der Waals surface area contributed by atoms with Gasteiger partial charge in [0.15, 0.2) is 11.6 Å². The molecule has 2 rings (SSSR count). The summed E-state index contributed by atoms with van der Waals surface area (Å²) in [6.45, 7) is 2.13. The lowest BCUT2D eigenvalue weighted by Gasteiger charge is -2.23. The van der Waals surface area contributed by atoms with Crippen LogP contribution in [0.2, 0.25) is 0 Å². The zero-order valence-electron chi connectivity index (χ0n) is 11.7. The highest BCUT2D eigenvalue weighted by atomic mass is 19.1. The van der Waals surface area contributed by atoms with Crippen molar-refractivity contribution in [2.45, 2.75) is 45.1 Å². The van der Waals surface area contributed by atoms with Gasteiger partial charge < -0.3 is 10.7 Å². The van der Waals surface area contributed by atoms with Crippen molar-refractivity contribution in [3.63, 3.8) is 0 Å². The van der Waals surface area contributed by atoms with E-state index in [0.717, 1.165) is 19.3 Å². The first-order chi connectivity index (χ1) is 9.63. The van der Waals surface area contributed by atoms with Crippen LogP contribution in [-0.4, -0.2) is 16.9 Å². The first-order valence-corrected chi connectivity index (χ1v) is 7.05. The predicted octanol–water partition coefficient (Wildman–Crippen LogP) is 2.20. The Morgan fingerprint density at radius 3 is 2.90 bits per heavy atom. The lowest BCUT2D eigenvalue weighted by atomic mass is 9.96. The second-order valence-electron chi connectivity index (χ2n) is 5.36. The number of rotatable bonds is 3. The van der Waals surface area contributed by atoms with E-state index in [1.165, 1.54) is 25.1 Å². The third-order valence-corrected chi connectivity index (χ3v) is 3.95. The van der Waals surface area contributed by atoms with Crippen LogP contribution >= 0.6 is 0 Å². The molecule has 1 heterocycles. The normalized spacial score (nSPS) is 22.9. The second kappa shape index (κ2) is 6.65. The van der Waals surface area contributed by atoms with E-state index in [9.17, 15) is 9.18 Å². The summed E-state index contributed by atoms with van der Waals surface area (Å²) in [5.74, 6) is 4.34. The summed E-state index contributed by atoms with van der Waals surface area (Å²) in [6, 6.07) is 1.47. The number of nitrogens with two attached hydrogens (primary N) is 1. The first kappa shape index (κ1) is 14.7. The number of amides is 1. The minimum atomic E-state index is -0.714. The summed E-state index contributed by atoms with van der Waals surface area (Å²) in [7, 11) is 0. The second-order valence-corrected chi connectivity index (χ2v) is 5.36. The van der Waals surface area contributed by atoms with Gasteiger partial charge in [0.25, 0.3) is 5.91 Å². The van der Waals surface area contributed by atoms with E-state index >= 15 is 0 Å². The van der Waals surface area contributed by atoms with Crippen molar-refractivity contribution < 1.29 is 9.18 Å². The van der Waals surface area contributed by atoms with E-state index in [1.807, 2.05) is 0 Å². The number of anilines is 1. The number of pyridine rings is 1. The van der Waals surface area contributed by atoms with E-state index in [1.54, 1.807) is 0 Å². The van der Waals surface area contributed by atoms with E-state index in [4.69, 9.17) is 5.84 Å². The van der Waals surface area contributed by atoms with Crippen LogP contribution < -0.4 is 16.6 Å². The van der Waals surface area contributed by atoms with Crippen LogP contribution in [0.25, 0.3) is 0 Å². The number of halogens is 1. The Kier molecular flexibility index (Phi) is 4.89. The monoisotopic (exact) mass is 280 g/mol. The molecule has 0 radical (unpaired) electrons. The molecule has 5 nitrogen and oxygen atoms in total.